The van der Waals surface area contributed by atoms with Gasteiger partial charge in [0.25, 0.3) is 5.91 Å². The SMILES string of the molecule is CCOc1cc(/C=C2\SC(=Nc3ccc(OC)cc3)N(CCOC)C2=O)c(Br)cc1OCc1ccccc1C#N. The summed E-state index contributed by atoms with van der Waals surface area (Å²) < 4.78 is 23.1. The largest absolute Gasteiger partial charge is 0.497 e. The Balaban J connectivity index is 1.63. The zero-order valence-electron chi connectivity index (χ0n) is 22.3. The molecule has 0 bridgehead atoms. The normalized spacial score (nSPS) is 15.0. The van der Waals surface area contributed by atoms with E-state index in [2.05, 4.69) is 22.0 Å². The fourth-order valence-corrected chi connectivity index (χ4v) is 5.29. The van der Waals surface area contributed by atoms with Crippen LogP contribution in [-0.4, -0.2) is 50.0 Å². The number of hydrogen-bond acceptors (Lipinski definition) is 8. The highest BCUT2D eigenvalue weighted by Gasteiger charge is 2.33. The Morgan fingerprint density at radius 2 is 1.82 bits per heavy atom. The fraction of sp³-hybridized carbons (Fsp3) is 0.233. The highest BCUT2D eigenvalue weighted by atomic mass is 79.9. The van der Waals surface area contributed by atoms with Crippen LogP contribution in [0.2, 0.25) is 0 Å². The van der Waals surface area contributed by atoms with Gasteiger partial charge in [-0.2, -0.15) is 5.26 Å². The fourth-order valence-electron chi connectivity index (χ4n) is 3.83. The van der Waals surface area contributed by atoms with E-state index in [0.717, 1.165) is 21.3 Å². The predicted octanol–water partition coefficient (Wildman–Crippen LogP) is 6.56. The number of thioether (sulfide) groups is 1. The molecular weight excluding hydrogens is 594 g/mol. The molecule has 1 aliphatic heterocycles. The molecule has 0 aliphatic carbocycles. The number of carbonyl (C=O) groups is 1. The summed E-state index contributed by atoms with van der Waals surface area (Å²) in [5, 5.41) is 9.95. The van der Waals surface area contributed by atoms with Crippen molar-refractivity contribution in [2.75, 3.05) is 34.0 Å². The van der Waals surface area contributed by atoms with Gasteiger partial charge in [-0.05, 0) is 72.8 Å². The lowest BCUT2D eigenvalue weighted by Crippen LogP contribution is -2.32. The van der Waals surface area contributed by atoms with Crippen LogP contribution in [0.4, 0.5) is 5.69 Å². The van der Waals surface area contributed by atoms with Gasteiger partial charge in [0, 0.05) is 17.1 Å². The molecule has 1 heterocycles. The third-order valence-electron chi connectivity index (χ3n) is 5.87. The Morgan fingerprint density at radius 1 is 1.07 bits per heavy atom. The minimum Gasteiger partial charge on any atom is -0.497 e. The molecule has 4 rings (SSSR count). The van der Waals surface area contributed by atoms with E-state index in [-0.39, 0.29) is 12.5 Å². The van der Waals surface area contributed by atoms with Crippen molar-refractivity contribution in [3.63, 3.8) is 0 Å². The number of amidine groups is 1. The summed E-state index contributed by atoms with van der Waals surface area (Å²) in [6.45, 7) is 3.28. The number of amides is 1. The summed E-state index contributed by atoms with van der Waals surface area (Å²) in [5.74, 6) is 1.63. The minimum atomic E-state index is -0.160. The van der Waals surface area contributed by atoms with Crippen LogP contribution in [0.15, 0.2) is 75.0 Å². The minimum absolute atomic E-state index is 0.160. The molecule has 40 heavy (non-hydrogen) atoms. The Labute approximate surface area is 246 Å². The number of hydrogen-bond donors (Lipinski definition) is 0. The molecule has 0 N–H and O–H groups in total. The highest BCUT2D eigenvalue weighted by molar-refractivity contribution is 9.10. The lowest BCUT2D eigenvalue weighted by Gasteiger charge is -2.15. The molecule has 0 saturated carbocycles. The van der Waals surface area contributed by atoms with Gasteiger partial charge in [0.1, 0.15) is 12.4 Å². The van der Waals surface area contributed by atoms with Crippen molar-refractivity contribution in [2.24, 2.45) is 4.99 Å². The average Bonchev–Trinajstić information content (AvgIpc) is 3.26. The molecule has 10 heteroatoms. The van der Waals surface area contributed by atoms with Crippen LogP contribution in [-0.2, 0) is 16.1 Å². The average molecular weight is 623 g/mol. The van der Waals surface area contributed by atoms with Gasteiger partial charge in [0.2, 0.25) is 0 Å². The van der Waals surface area contributed by atoms with Crippen molar-refractivity contribution in [3.8, 4) is 23.3 Å². The number of ether oxygens (including phenoxy) is 4. The second kappa shape index (κ2) is 14.0. The van der Waals surface area contributed by atoms with Crippen LogP contribution in [0.5, 0.6) is 17.2 Å². The quantitative estimate of drug-likeness (QED) is 0.224. The highest BCUT2D eigenvalue weighted by Crippen LogP contribution is 2.39. The van der Waals surface area contributed by atoms with Gasteiger partial charge in [-0.15, -0.1) is 0 Å². The van der Waals surface area contributed by atoms with Crippen LogP contribution < -0.4 is 14.2 Å². The van der Waals surface area contributed by atoms with Gasteiger partial charge in [0.05, 0.1) is 49.1 Å². The van der Waals surface area contributed by atoms with Gasteiger partial charge in [-0.25, -0.2) is 4.99 Å². The predicted molar refractivity (Wildman–Crippen MR) is 160 cm³/mol. The van der Waals surface area contributed by atoms with Gasteiger partial charge in [-0.3, -0.25) is 9.69 Å². The van der Waals surface area contributed by atoms with E-state index in [4.69, 9.17) is 23.9 Å². The first kappa shape index (κ1) is 29.2. The number of rotatable bonds is 11. The Hall–Kier alpha value is -3.78. The summed E-state index contributed by atoms with van der Waals surface area (Å²) in [7, 11) is 3.21. The van der Waals surface area contributed by atoms with Gasteiger partial charge < -0.3 is 18.9 Å². The zero-order chi connectivity index (χ0) is 28.5. The molecule has 0 spiro atoms. The molecule has 1 fully saturated rings. The molecule has 0 aromatic heterocycles. The maximum absolute atomic E-state index is 13.4. The molecular formula is C30H28BrN3O5S. The number of carbonyl (C=O) groups excluding carboxylic acids is 1. The maximum atomic E-state index is 13.4. The van der Waals surface area contributed by atoms with Crippen molar-refractivity contribution < 1.29 is 23.7 Å². The summed E-state index contributed by atoms with van der Waals surface area (Å²) in [4.78, 5) is 20.3. The number of aliphatic imine (C=N–C) groups is 1. The number of methoxy groups -OCH3 is 2. The van der Waals surface area contributed by atoms with Crippen LogP contribution in [0.3, 0.4) is 0 Å². The van der Waals surface area contributed by atoms with Crippen LogP contribution in [0.1, 0.15) is 23.6 Å². The molecule has 3 aromatic carbocycles. The van der Waals surface area contributed by atoms with E-state index in [1.165, 1.54) is 11.8 Å². The molecule has 1 saturated heterocycles. The number of nitrogens with zero attached hydrogens (tertiary/aromatic N) is 3. The molecule has 1 amide bonds. The molecule has 0 atom stereocenters. The molecule has 206 valence electrons. The Morgan fingerprint density at radius 3 is 2.52 bits per heavy atom. The van der Waals surface area contributed by atoms with E-state index in [0.29, 0.717) is 52.6 Å². The molecule has 0 unspecified atom stereocenters. The number of benzene rings is 3. The molecule has 0 radical (unpaired) electrons. The number of nitriles is 1. The summed E-state index contributed by atoms with van der Waals surface area (Å²) in [5.41, 5.74) is 2.80. The van der Waals surface area contributed by atoms with Crippen molar-refractivity contribution in [1.29, 1.82) is 5.26 Å². The monoisotopic (exact) mass is 621 g/mol. The van der Waals surface area contributed by atoms with E-state index in [9.17, 15) is 10.1 Å². The van der Waals surface area contributed by atoms with Crippen molar-refractivity contribution in [1.82, 2.24) is 4.90 Å². The van der Waals surface area contributed by atoms with E-state index in [1.54, 1.807) is 25.2 Å². The zero-order valence-corrected chi connectivity index (χ0v) is 24.8. The summed E-state index contributed by atoms with van der Waals surface area (Å²) in [6, 6.07) is 20.5. The first-order valence-corrected chi connectivity index (χ1v) is 14.1. The molecule has 1 aliphatic rings. The van der Waals surface area contributed by atoms with Crippen LogP contribution in [0, 0.1) is 11.3 Å². The smallest absolute Gasteiger partial charge is 0.266 e. The van der Waals surface area contributed by atoms with Gasteiger partial charge in [-0.1, -0.05) is 34.1 Å². The van der Waals surface area contributed by atoms with E-state index < -0.39 is 0 Å². The second-order valence-electron chi connectivity index (χ2n) is 8.46. The summed E-state index contributed by atoms with van der Waals surface area (Å²) in [6.07, 6.45) is 1.81. The lowest BCUT2D eigenvalue weighted by molar-refractivity contribution is -0.122. The third kappa shape index (κ3) is 7.04. The maximum Gasteiger partial charge on any atom is 0.266 e. The van der Waals surface area contributed by atoms with Crippen molar-refractivity contribution in [2.45, 2.75) is 13.5 Å². The summed E-state index contributed by atoms with van der Waals surface area (Å²) >= 11 is 4.92. The van der Waals surface area contributed by atoms with Crippen LogP contribution >= 0.6 is 27.7 Å². The van der Waals surface area contributed by atoms with Gasteiger partial charge in [0.15, 0.2) is 16.7 Å². The second-order valence-corrected chi connectivity index (χ2v) is 10.3. The lowest BCUT2D eigenvalue weighted by atomic mass is 10.1. The Kier molecular flexibility index (Phi) is 10.2. The van der Waals surface area contributed by atoms with Gasteiger partial charge >= 0.3 is 0 Å². The van der Waals surface area contributed by atoms with Crippen LogP contribution in [0.25, 0.3) is 6.08 Å². The topological polar surface area (TPSA) is 93.4 Å². The first-order valence-electron chi connectivity index (χ1n) is 12.5. The number of halogens is 1. The van der Waals surface area contributed by atoms with E-state index in [1.807, 2.05) is 67.6 Å². The first-order chi connectivity index (χ1) is 19.5. The third-order valence-corrected chi connectivity index (χ3v) is 7.57. The Bertz CT molecular complexity index is 1470. The van der Waals surface area contributed by atoms with E-state index >= 15 is 0 Å². The molecule has 8 nitrogen and oxygen atoms in total. The van der Waals surface area contributed by atoms with Crippen molar-refractivity contribution >= 4 is 50.5 Å². The van der Waals surface area contributed by atoms with Crippen molar-refractivity contribution in [3.05, 3.63) is 86.7 Å². The standard InChI is InChI=1S/C30H28BrN3O5S/c1-4-38-26-15-22(25(31)17-27(26)39-19-21-8-6-5-7-20(21)18-32)16-28-29(35)34(13-14-36-2)30(40-28)33-23-9-11-24(37-3)12-10-23/h5-12,15-17H,4,13-14,19H2,1-3H3/b28-16-,33-30?. The molecule has 3 aromatic rings.